The lowest BCUT2D eigenvalue weighted by Gasteiger charge is -2.32. The first-order valence-corrected chi connectivity index (χ1v) is 8.13. The maximum atomic E-state index is 12.4. The van der Waals surface area contributed by atoms with Crippen molar-refractivity contribution in [2.45, 2.75) is 50.8 Å². The quantitative estimate of drug-likeness (QED) is 0.784. The van der Waals surface area contributed by atoms with Gasteiger partial charge in [0.1, 0.15) is 0 Å². The first-order valence-electron chi connectivity index (χ1n) is 6.63. The van der Waals surface area contributed by atoms with Gasteiger partial charge in [-0.2, -0.15) is 9.57 Å². The van der Waals surface area contributed by atoms with E-state index in [1.807, 2.05) is 13.0 Å². The third kappa shape index (κ3) is 2.85. The average molecular weight is 273 g/mol. The van der Waals surface area contributed by atoms with E-state index in [9.17, 15) is 8.42 Å². The highest BCUT2D eigenvalue weighted by Crippen LogP contribution is 2.32. The summed E-state index contributed by atoms with van der Waals surface area (Å²) in [6.07, 6.45) is 3.19. The highest BCUT2D eigenvalue weighted by atomic mass is 32.2. The van der Waals surface area contributed by atoms with Crippen LogP contribution in [0.4, 0.5) is 0 Å². The Morgan fingerprint density at radius 1 is 1.44 bits per heavy atom. The Hall–Kier alpha value is -0.640. The molecule has 3 atom stereocenters. The summed E-state index contributed by atoms with van der Waals surface area (Å²) in [6, 6.07) is 1.88. The van der Waals surface area contributed by atoms with Crippen LogP contribution >= 0.6 is 0 Å². The molecular formula is C12H23N3O2S. The smallest absolute Gasteiger partial charge is 0.230 e. The van der Waals surface area contributed by atoms with Crippen LogP contribution in [-0.4, -0.2) is 37.1 Å². The van der Waals surface area contributed by atoms with E-state index in [2.05, 4.69) is 0 Å². The lowest BCUT2D eigenvalue weighted by atomic mass is 10.0. The van der Waals surface area contributed by atoms with Gasteiger partial charge in [-0.1, -0.05) is 20.3 Å². The number of nitrogens with zero attached hydrogens (tertiary/aromatic N) is 2. The van der Waals surface area contributed by atoms with Crippen LogP contribution in [0.3, 0.4) is 0 Å². The predicted molar refractivity (Wildman–Crippen MR) is 71.2 cm³/mol. The Balaban J connectivity index is 2.99. The molecular weight excluding hydrogens is 250 g/mol. The van der Waals surface area contributed by atoms with Gasteiger partial charge in [0.2, 0.25) is 10.0 Å². The average Bonchev–Trinajstić information content (AvgIpc) is 2.79. The summed E-state index contributed by atoms with van der Waals surface area (Å²) in [5.74, 6) is 0.232. The molecule has 0 bridgehead atoms. The monoisotopic (exact) mass is 273 g/mol. The second-order valence-electron chi connectivity index (χ2n) is 4.77. The maximum Gasteiger partial charge on any atom is 0.230 e. The summed E-state index contributed by atoms with van der Waals surface area (Å²) in [5.41, 5.74) is 5.71. The largest absolute Gasteiger partial charge is 0.330 e. The van der Waals surface area contributed by atoms with Gasteiger partial charge in [-0.05, 0) is 31.7 Å². The van der Waals surface area contributed by atoms with Gasteiger partial charge >= 0.3 is 0 Å². The standard InChI is InChI=1S/C12H23N3O2S/c1-3-11(9-14)18(16,17)15(4-2)12-7-5-6-10(12)8-13/h10-12H,3-8,13H2,1-2H3. The molecule has 6 heteroatoms. The molecule has 104 valence electrons. The molecule has 18 heavy (non-hydrogen) atoms. The Morgan fingerprint density at radius 3 is 2.56 bits per heavy atom. The number of hydrogen-bond acceptors (Lipinski definition) is 4. The molecule has 0 radical (unpaired) electrons. The van der Waals surface area contributed by atoms with Crippen LogP contribution < -0.4 is 5.73 Å². The second kappa shape index (κ2) is 6.50. The van der Waals surface area contributed by atoms with E-state index in [0.29, 0.717) is 19.5 Å². The van der Waals surface area contributed by atoms with Crippen LogP contribution in [0.25, 0.3) is 0 Å². The van der Waals surface area contributed by atoms with Crippen LogP contribution in [0.5, 0.6) is 0 Å². The zero-order chi connectivity index (χ0) is 13.8. The van der Waals surface area contributed by atoms with E-state index in [-0.39, 0.29) is 12.0 Å². The van der Waals surface area contributed by atoms with Crippen molar-refractivity contribution in [1.82, 2.24) is 4.31 Å². The first-order chi connectivity index (χ1) is 8.52. The fourth-order valence-electron chi connectivity index (χ4n) is 2.81. The summed E-state index contributed by atoms with van der Waals surface area (Å²) in [5, 5.41) is 8.06. The normalized spacial score (nSPS) is 26.2. The van der Waals surface area contributed by atoms with E-state index in [4.69, 9.17) is 11.0 Å². The molecule has 0 saturated heterocycles. The number of nitriles is 1. The van der Waals surface area contributed by atoms with Gasteiger partial charge in [-0.25, -0.2) is 8.42 Å². The van der Waals surface area contributed by atoms with Crippen molar-refractivity contribution in [3.05, 3.63) is 0 Å². The van der Waals surface area contributed by atoms with Gasteiger partial charge in [-0.3, -0.25) is 0 Å². The van der Waals surface area contributed by atoms with Crippen LogP contribution in [0.1, 0.15) is 39.5 Å². The van der Waals surface area contributed by atoms with Crippen molar-refractivity contribution in [3.63, 3.8) is 0 Å². The summed E-state index contributed by atoms with van der Waals surface area (Å²) >= 11 is 0. The van der Waals surface area contributed by atoms with Crippen LogP contribution in [-0.2, 0) is 10.0 Å². The minimum absolute atomic E-state index is 0.0209. The molecule has 5 nitrogen and oxygen atoms in total. The van der Waals surface area contributed by atoms with Crippen LogP contribution in [0, 0.1) is 17.2 Å². The molecule has 1 rings (SSSR count). The molecule has 1 aliphatic carbocycles. The second-order valence-corrected chi connectivity index (χ2v) is 6.84. The molecule has 0 amide bonds. The van der Waals surface area contributed by atoms with Gasteiger partial charge in [0.15, 0.2) is 5.25 Å². The van der Waals surface area contributed by atoms with E-state index in [0.717, 1.165) is 19.3 Å². The lowest BCUT2D eigenvalue weighted by molar-refractivity contribution is 0.274. The highest BCUT2D eigenvalue weighted by Gasteiger charge is 2.39. The molecule has 1 saturated carbocycles. The molecule has 2 N–H and O–H groups in total. The van der Waals surface area contributed by atoms with Crippen molar-refractivity contribution in [2.75, 3.05) is 13.1 Å². The third-order valence-electron chi connectivity index (χ3n) is 3.80. The zero-order valence-electron chi connectivity index (χ0n) is 11.2. The Kier molecular flexibility index (Phi) is 5.57. The SMILES string of the molecule is CCC(C#N)S(=O)(=O)N(CC)C1CCCC1CN. The van der Waals surface area contributed by atoms with Gasteiger partial charge in [0, 0.05) is 12.6 Å². The van der Waals surface area contributed by atoms with E-state index in [1.165, 1.54) is 4.31 Å². The van der Waals surface area contributed by atoms with Crippen molar-refractivity contribution < 1.29 is 8.42 Å². The fraction of sp³-hybridized carbons (Fsp3) is 0.917. The number of sulfonamides is 1. The van der Waals surface area contributed by atoms with E-state index >= 15 is 0 Å². The minimum atomic E-state index is -3.52. The fourth-order valence-corrected chi connectivity index (χ4v) is 4.70. The van der Waals surface area contributed by atoms with Crippen molar-refractivity contribution in [1.29, 1.82) is 5.26 Å². The van der Waals surface area contributed by atoms with Crippen LogP contribution in [0.15, 0.2) is 0 Å². The van der Waals surface area contributed by atoms with Gasteiger partial charge in [0.25, 0.3) is 0 Å². The molecule has 0 aromatic carbocycles. The van der Waals surface area contributed by atoms with E-state index in [1.54, 1.807) is 6.92 Å². The summed E-state index contributed by atoms with van der Waals surface area (Å²) in [6.45, 7) is 4.49. The van der Waals surface area contributed by atoms with Crippen molar-refractivity contribution in [2.24, 2.45) is 11.7 Å². The summed E-state index contributed by atoms with van der Waals surface area (Å²) < 4.78 is 26.4. The number of hydrogen-bond donors (Lipinski definition) is 1. The van der Waals surface area contributed by atoms with Crippen LogP contribution in [0.2, 0.25) is 0 Å². The Labute approximate surface area is 110 Å². The van der Waals surface area contributed by atoms with Gasteiger partial charge < -0.3 is 5.73 Å². The van der Waals surface area contributed by atoms with Gasteiger partial charge in [0.05, 0.1) is 6.07 Å². The summed E-state index contributed by atoms with van der Waals surface area (Å²) in [4.78, 5) is 0. The topological polar surface area (TPSA) is 87.2 Å². The molecule has 1 aliphatic rings. The molecule has 0 aromatic heterocycles. The molecule has 1 fully saturated rings. The predicted octanol–water partition coefficient (Wildman–Crippen LogP) is 1.07. The number of rotatable bonds is 6. The molecule has 0 spiro atoms. The summed E-state index contributed by atoms with van der Waals surface area (Å²) in [7, 11) is -3.52. The Bertz CT molecular complexity index is 402. The third-order valence-corrected chi connectivity index (χ3v) is 6.15. The van der Waals surface area contributed by atoms with Crippen molar-refractivity contribution >= 4 is 10.0 Å². The maximum absolute atomic E-state index is 12.4. The minimum Gasteiger partial charge on any atom is -0.330 e. The first kappa shape index (κ1) is 15.4. The molecule has 0 aromatic rings. The molecule has 0 aliphatic heterocycles. The zero-order valence-corrected chi connectivity index (χ0v) is 12.0. The van der Waals surface area contributed by atoms with Crippen molar-refractivity contribution in [3.8, 4) is 6.07 Å². The highest BCUT2D eigenvalue weighted by molar-refractivity contribution is 7.90. The number of nitrogens with two attached hydrogens (primary N) is 1. The Morgan fingerprint density at radius 2 is 2.11 bits per heavy atom. The van der Waals surface area contributed by atoms with Gasteiger partial charge in [-0.15, -0.1) is 0 Å². The lowest BCUT2D eigenvalue weighted by Crippen LogP contribution is -2.47. The molecule has 3 unspecified atom stereocenters. The van der Waals surface area contributed by atoms with E-state index < -0.39 is 15.3 Å². The molecule has 0 heterocycles.